The summed E-state index contributed by atoms with van der Waals surface area (Å²) < 4.78 is 10.5. The van der Waals surface area contributed by atoms with Crippen molar-refractivity contribution in [3.05, 3.63) is 11.9 Å². The van der Waals surface area contributed by atoms with Crippen LogP contribution in [0.25, 0.3) is 0 Å². The van der Waals surface area contributed by atoms with Gasteiger partial charge in [-0.1, -0.05) is 0 Å². The minimum atomic E-state index is 0.570. The minimum Gasteiger partial charge on any atom is -0.481 e. The summed E-state index contributed by atoms with van der Waals surface area (Å²) in [4.78, 5) is 10.7. The van der Waals surface area contributed by atoms with Crippen LogP contribution in [-0.2, 0) is 6.54 Å². The third kappa shape index (κ3) is 3.78. The zero-order chi connectivity index (χ0) is 13.5. The highest BCUT2D eigenvalue weighted by atomic mass is 16.5. The van der Waals surface area contributed by atoms with Gasteiger partial charge in [0.05, 0.1) is 19.8 Å². The monoisotopic (exact) mass is 266 g/mol. The Hall–Kier alpha value is -1.40. The van der Waals surface area contributed by atoms with Gasteiger partial charge in [-0.2, -0.15) is 0 Å². The van der Waals surface area contributed by atoms with Gasteiger partial charge in [0.15, 0.2) is 0 Å². The lowest BCUT2D eigenvalue weighted by molar-refractivity contribution is 0.331. The van der Waals surface area contributed by atoms with Gasteiger partial charge in [0, 0.05) is 19.6 Å². The third-order valence-electron chi connectivity index (χ3n) is 3.36. The fraction of sp³-hybridized carbons (Fsp3) is 0.692. The fourth-order valence-corrected chi connectivity index (χ4v) is 2.34. The van der Waals surface area contributed by atoms with Gasteiger partial charge in [0.1, 0.15) is 6.33 Å². The molecule has 2 heterocycles. The van der Waals surface area contributed by atoms with Gasteiger partial charge in [-0.3, -0.25) is 0 Å². The lowest BCUT2D eigenvalue weighted by Crippen LogP contribution is -2.29. The second kappa shape index (κ2) is 7.25. The molecular weight excluding hydrogens is 244 g/mol. The van der Waals surface area contributed by atoms with Crippen molar-refractivity contribution >= 4 is 0 Å². The number of nitrogens with one attached hydrogen (secondary N) is 1. The van der Waals surface area contributed by atoms with Crippen LogP contribution in [0.4, 0.5) is 0 Å². The lowest BCUT2D eigenvalue weighted by atomic mass is 10.3. The van der Waals surface area contributed by atoms with Crippen LogP contribution >= 0.6 is 0 Å². The third-order valence-corrected chi connectivity index (χ3v) is 3.36. The molecule has 1 aromatic rings. The molecule has 0 amide bonds. The number of ether oxygens (including phenoxy) is 2. The highest BCUT2D eigenvalue weighted by Crippen LogP contribution is 2.22. The second-order valence-electron chi connectivity index (χ2n) is 4.60. The zero-order valence-corrected chi connectivity index (χ0v) is 11.7. The van der Waals surface area contributed by atoms with E-state index in [1.165, 1.54) is 32.3 Å². The average molecular weight is 266 g/mol. The number of likely N-dealkylation sites (tertiary alicyclic amines) is 1. The first-order chi connectivity index (χ1) is 9.35. The van der Waals surface area contributed by atoms with Crippen LogP contribution in [0.1, 0.15) is 18.4 Å². The molecule has 0 radical (unpaired) electrons. The molecule has 6 nitrogen and oxygen atoms in total. The maximum atomic E-state index is 5.24. The molecule has 0 aromatic carbocycles. The van der Waals surface area contributed by atoms with Crippen molar-refractivity contribution in [2.45, 2.75) is 19.4 Å². The summed E-state index contributed by atoms with van der Waals surface area (Å²) in [5.41, 5.74) is 0.869. The molecule has 1 N–H and O–H groups in total. The maximum absolute atomic E-state index is 5.24. The van der Waals surface area contributed by atoms with E-state index in [9.17, 15) is 0 Å². The molecule has 1 saturated heterocycles. The van der Waals surface area contributed by atoms with Crippen molar-refractivity contribution in [1.29, 1.82) is 0 Å². The van der Waals surface area contributed by atoms with Crippen LogP contribution in [0, 0.1) is 0 Å². The van der Waals surface area contributed by atoms with Crippen molar-refractivity contribution in [3.8, 4) is 11.8 Å². The average Bonchev–Trinajstić information content (AvgIpc) is 2.96. The predicted molar refractivity (Wildman–Crippen MR) is 72.5 cm³/mol. The number of hydrogen-bond donors (Lipinski definition) is 1. The van der Waals surface area contributed by atoms with Crippen molar-refractivity contribution < 1.29 is 9.47 Å². The largest absolute Gasteiger partial charge is 0.481 e. The number of rotatable bonds is 7. The van der Waals surface area contributed by atoms with Gasteiger partial charge in [0.25, 0.3) is 0 Å². The highest BCUT2D eigenvalue weighted by molar-refractivity contribution is 5.34. The first kappa shape index (κ1) is 14.0. The van der Waals surface area contributed by atoms with Gasteiger partial charge in [-0.05, 0) is 25.9 Å². The number of methoxy groups -OCH3 is 2. The van der Waals surface area contributed by atoms with E-state index in [2.05, 4.69) is 20.2 Å². The van der Waals surface area contributed by atoms with Crippen molar-refractivity contribution in [3.63, 3.8) is 0 Å². The molecule has 6 heteroatoms. The molecular formula is C13H22N4O2. The van der Waals surface area contributed by atoms with E-state index in [0.29, 0.717) is 18.3 Å². The van der Waals surface area contributed by atoms with E-state index < -0.39 is 0 Å². The first-order valence-electron chi connectivity index (χ1n) is 6.70. The summed E-state index contributed by atoms with van der Waals surface area (Å²) >= 11 is 0. The Morgan fingerprint density at radius 3 is 2.37 bits per heavy atom. The molecule has 0 atom stereocenters. The molecule has 106 valence electrons. The van der Waals surface area contributed by atoms with E-state index >= 15 is 0 Å². The molecule has 2 rings (SSSR count). The van der Waals surface area contributed by atoms with Gasteiger partial charge < -0.3 is 19.7 Å². The molecule has 1 fully saturated rings. The van der Waals surface area contributed by atoms with E-state index in [4.69, 9.17) is 9.47 Å². The van der Waals surface area contributed by atoms with E-state index in [0.717, 1.165) is 18.7 Å². The van der Waals surface area contributed by atoms with E-state index in [1.54, 1.807) is 14.2 Å². The lowest BCUT2D eigenvalue weighted by Gasteiger charge is -2.15. The van der Waals surface area contributed by atoms with E-state index in [-0.39, 0.29) is 0 Å². The van der Waals surface area contributed by atoms with Crippen LogP contribution in [0.2, 0.25) is 0 Å². The Bertz CT molecular complexity index is 372. The van der Waals surface area contributed by atoms with E-state index in [1.807, 2.05) is 0 Å². The van der Waals surface area contributed by atoms with Gasteiger partial charge in [0.2, 0.25) is 11.8 Å². The quantitative estimate of drug-likeness (QED) is 0.732. The molecule has 1 aliphatic heterocycles. The Morgan fingerprint density at radius 2 is 1.79 bits per heavy atom. The molecule has 0 unspecified atom stereocenters. The topological polar surface area (TPSA) is 59.5 Å². The van der Waals surface area contributed by atoms with Crippen molar-refractivity contribution in [2.24, 2.45) is 0 Å². The first-order valence-corrected chi connectivity index (χ1v) is 6.70. The molecule has 1 aromatic heterocycles. The molecule has 0 bridgehead atoms. The van der Waals surface area contributed by atoms with Crippen LogP contribution < -0.4 is 14.8 Å². The number of nitrogens with zero attached hydrogens (tertiary/aromatic N) is 3. The predicted octanol–water partition coefficient (Wildman–Crippen LogP) is 0.679. The maximum Gasteiger partial charge on any atom is 0.224 e. The number of aromatic nitrogens is 2. The van der Waals surface area contributed by atoms with Gasteiger partial charge in [-0.25, -0.2) is 9.97 Å². The van der Waals surface area contributed by atoms with Crippen molar-refractivity contribution in [2.75, 3.05) is 40.4 Å². The SMILES string of the molecule is COc1ncnc(OC)c1CNCCN1CCCC1. The normalized spacial score (nSPS) is 15.7. The van der Waals surface area contributed by atoms with Crippen LogP contribution in [0.3, 0.4) is 0 Å². The van der Waals surface area contributed by atoms with Gasteiger partial charge in [-0.15, -0.1) is 0 Å². The molecule has 19 heavy (non-hydrogen) atoms. The summed E-state index contributed by atoms with van der Waals surface area (Å²) in [5, 5.41) is 3.40. The van der Waals surface area contributed by atoms with Crippen LogP contribution in [0.5, 0.6) is 11.8 Å². The molecule has 1 aliphatic rings. The fourth-order valence-electron chi connectivity index (χ4n) is 2.34. The molecule has 0 aliphatic carbocycles. The smallest absolute Gasteiger partial charge is 0.224 e. The Kier molecular flexibility index (Phi) is 5.35. The second-order valence-corrected chi connectivity index (χ2v) is 4.60. The van der Waals surface area contributed by atoms with Crippen LogP contribution in [-0.4, -0.2) is 55.3 Å². The summed E-state index contributed by atoms with van der Waals surface area (Å²) in [5.74, 6) is 1.14. The summed E-state index contributed by atoms with van der Waals surface area (Å²) in [7, 11) is 3.21. The summed E-state index contributed by atoms with van der Waals surface area (Å²) in [6.07, 6.45) is 4.10. The minimum absolute atomic E-state index is 0.570. The summed E-state index contributed by atoms with van der Waals surface area (Å²) in [6.45, 7) is 5.13. The Balaban J connectivity index is 1.83. The summed E-state index contributed by atoms with van der Waals surface area (Å²) in [6, 6.07) is 0. The number of hydrogen-bond acceptors (Lipinski definition) is 6. The van der Waals surface area contributed by atoms with Crippen LogP contribution in [0.15, 0.2) is 6.33 Å². The highest BCUT2D eigenvalue weighted by Gasteiger charge is 2.13. The van der Waals surface area contributed by atoms with Crippen molar-refractivity contribution in [1.82, 2.24) is 20.2 Å². The Labute approximate surface area is 114 Å². The van der Waals surface area contributed by atoms with Gasteiger partial charge >= 0.3 is 0 Å². The zero-order valence-electron chi connectivity index (χ0n) is 11.7. The molecule has 0 saturated carbocycles. The Morgan fingerprint density at radius 1 is 1.16 bits per heavy atom. The standard InChI is InChI=1S/C13H22N4O2/c1-18-12-11(13(19-2)16-10-15-12)9-14-5-8-17-6-3-4-7-17/h10,14H,3-9H2,1-2H3. The molecule has 0 spiro atoms.